The molecule has 1 rings (SSSR count). The third kappa shape index (κ3) is 1.62. The van der Waals surface area contributed by atoms with E-state index in [1.165, 1.54) is 6.07 Å². The molecule has 0 amide bonds. The number of anilines is 1. The summed E-state index contributed by atoms with van der Waals surface area (Å²) < 4.78 is 2.43. The summed E-state index contributed by atoms with van der Waals surface area (Å²) >= 11 is 3.72. The molecule has 11 heavy (non-hydrogen) atoms. The van der Waals surface area contributed by atoms with Gasteiger partial charge in [0.05, 0.1) is 4.92 Å². The average molecular weight is 170 g/mol. The maximum atomic E-state index is 10.3. The summed E-state index contributed by atoms with van der Waals surface area (Å²) in [6.07, 6.45) is 0. The van der Waals surface area contributed by atoms with Gasteiger partial charge < -0.3 is 4.72 Å². The highest BCUT2D eigenvalue weighted by Gasteiger charge is 2.09. The molecule has 0 saturated carbocycles. The Morgan fingerprint density at radius 3 is 2.55 bits per heavy atom. The van der Waals surface area contributed by atoms with Crippen molar-refractivity contribution in [2.24, 2.45) is 0 Å². The molecule has 0 aromatic heterocycles. The highest BCUT2D eigenvalue weighted by Crippen LogP contribution is 2.23. The molecule has 0 aliphatic rings. The summed E-state index contributed by atoms with van der Waals surface area (Å²) in [5.41, 5.74) is 0.434. The lowest BCUT2D eigenvalue weighted by Gasteiger charge is -1.98. The molecule has 0 saturated heterocycles. The van der Waals surface area contributed by atoms with E-state index in [9.17, 15) is 10.1 Å². The summed E-state index contributed by atoms with van der Waals surface area (Å²) in [4.78, 5) is 9.85. The van der Waals surface area contributed by atoms with Gasteiger partial charge in [0.1, 0.15) is 5.69 Å². The fourth-order valence-corrected chi connectivity index (χ4v) is 0.916. The normalized spacial score (nSPS) is 9.18. The minimum absolute atomic E-state index is 0.0301. The van der Waals surface area contributed by atoms with Crippen LogP contribution in [0.4, 0.5) is 11.4 Å². The van der Waals surface area contributed by atoms with Crippen LogP contribution in [-0.4, -0.2) is 4.92 Å². The van der Waals surface area contributed by atoms with Gasteiger partial charge in [0.2, 0.25) is 0 Å². The van der Waals surface area contributed by atoms with Gasteiger partial charge in [-0.2, -0.15) is 0 Å². The van der Waals surface area contributed by atoms with Crippen LogP contribution in [-0.2, 0) is 0 Å². The van der Waals surface area contributed by atoms with E-state index in [0.29, 0.717) is 5.69 Å². The topological polar surface area (TPSA) is 55.2 Å². The second-order valence-corrected chi connectivity index (χ2v) is 2.11. The Balaban J connectivity index is 3.12. The zero-order valence-electron chi connectivity index (χ0n) is 5.52. The van der Waals surface area contributed by atoms with Crippen molar-refractivity contribution in [1.82, 2.24) is 0 Å². The Morgan fingerprint density at radius 1 is 1.45 bits per heavy atom. The molecule has 0 aliphatic carbocycles. The number of nitrogens with one attached hydrogen (secondary N) is 1. The first-order valence-electron chi connectivity index (χ1n) is 2.89. The zero-order chi connectivity index (χ0) is 8.27. The van der Waals surface area contributed by atoms with Gasteiger partial charge in [-0.1, -0.05) is 24.9 Å². The molecule has 0 fully saturated rings. The molecule has 0 heterocycles. The molecular formula is C6H6N2O2S. The van der Waals surface area contributed by atoms with Crippen molar-refractivity contribution < 1.29 is 4.92 Å². The second-order valence-electron chi connectivity index (χ2n) is 1.89. The predicted molar refractivity (Wildman–Crippen MR) is 45.7 cm³/mol. The molecule has 0 aliphatic heterocycles. The van der Waals surface area contributed by atoms with Gasteiger partial charge in [0.25, 0.3) is 5.69 Å². The summed E-state index contributed by atoms with van der Waals surface area (Å²) in [6, 6.07) is 6.31. The van der Waals surface area contributed by atoms with E-state index < -0.39 is 4.92 Å². The zero-order valence-corrected chi connectivity index (χ0v) is 6.41. The average Bonchev–Trinajstić information content (AvgIpc) is 2.04. The van der Waals surface area contributed by atoms with E-state index in [1.54, 1.807) is 18.2 Å². The van der Waals surface area contributed by atoms with Crippen LogP contribution < -0.4 is 4.72 Å². The van der Waals surface area contributed by atoms with Gasteiger partial charge in [-0.15, -0.1) is 0 Å². The minimum atomic E-state index is -0.460. The van der Waals surface area contributed by atoms with Crippen LogP contribution in [0.5, 0.6) is 0 Å². The number of nitrogens with zero attached hydrogens (tertiary/aromatic N) is 1. The first-order chi connectivity index (χ1) is 5.25. The van der Waals surface area contributed by atoms with Crippen LogP contribution in [0.2, 0.25) is 0 Å². The van der Waals surface area contributed by atoms with E-state index in [-0.39, 0.29) is 5.69 Å². The third-order valence-electron chi connectivity index (χ3n) is 1.22. The lowest BCUT2D eigenvalue weighted by molar-refractivity contribution is -0.383. The fourth-order valence-electron chi connectivity index (χ4n) is 0.727. The Hall–Kier alpha value is -1.23. The van der Waals surface area contributed by atoms with Gasteiger partial charge in [-0.25, -0.2) is 0 Å². The van der Waals surface area contributed by atoms with Crippen molar-refractivity contribution in [2.75, 3.05) is 4.72 Å². The quantitative estimate of drug-likeness (QED) is 0.404. The van der Waals surface area contributed by atoms with Crippen LogP contribution >= 0.6 is 12.8 Å². The van der Waals surface area contributed by atoms with E-state index in [2.05, 4.69) is 17.5 Å². The van der Waals surface area contributed by atoms with Crippen molar-refractivity contribution in [3.8, 4) is 0 Å². The molecule has 0 bridgehead atoms. The number of hydrogen-bond donors (Lipinski definition) is 2. The lowest BCUT2D eigenvalue weighted by Crippen LogP contribution is -1.91. The highest BCUT2D eigenvalue weighted by molar-refractivity contribution is 7.81. The predicted octanol–water partition coefficient (Wildman–Crippen LogP) is 1.85. The van der Waals surface area contributed by atoms with Crippen molar-refractivity contribution in [3.05, 3.63) is 34.4 Å². The largest absolute Gasteiger partial charge is 0.327 e. The van der Waals surface area contributed by atoms with E-state index in [0.717, 1.165) is 0 Å². The molecule has 0 radical (unpaired) electrons. The molecule has 0 unspecified atom stereocenters. The number of nitro benzene ring substituents is 1. The molecule has 1 aromatic rings. The molecule has 0 spiro atoms. The van der Waals surface area contributed by atoms with Gasteiger partial charge in [0, 0.05) is 6.07 Å². The Kier molecular flexibility index (Phi) is 2.32. The summed E-state index contributed by atoms with van der Waals surface area (Å²) in [5, 5.41) is 10.3. The number of benzene rings is 1. The molecule has 5 heteroatoms. The second kappa shape index (κ2) is 3.25. The Labute approximate surface area is 68.9 Å². The molecule has 0 atom stereocenters. The van der Waals surface area contributed by atoms with Crippen LogP contribution in [0.3, 0.4) is 0 Å². The molecule has 1 N–H and O–H groups in total. The molecule has 4 nitrogen and oxygen atoms in total. The third-order valence-corrected chi connectivity index (χ3v) is 1.46. The highest BCUT2D eigenvalue weighted by atomic mass is 32.1. The maximum absolute atomic E-state index is 10.3. The van der Waals surface area contributed by atoms with Gasteiger partial charge in [-0.05, 0) is 6.07 Å². The molecule has 1 aromatic carbocycles. The number of thiol groups is 1. The van der Waals surface area contributed by atoms with Crippen molar-refractivity contribution >= 4 is 24.2 Å². The van der Waals surface area contributed by atoms with Crippen molar-refractivity contribution in [1.29, 1.82) is 0 Å². The van der Waals surface area contributed by atoms with Crippen molar-refractivity contribution in [2.45, 2.75) is 0 Å². The summed E-state index contributed by atoms with van der Waals surface area (Å²) in [5.74, 6) is 0. The first kappa shape index (κ1) is 7.87. The smallest absolute Gasteiger partial charge is 0.293 e. The standard InChI is InChI=1S/C6H6N2O2S/c9-8(10)6-4-2-1-3-5(6)7-11/h1-4,7,11H. The van der Waals surface area contributed by atoms with Crippen molar-refractivity contribution in [3.63, 3.8) is 0 Å². The van der Waals surface area contributed by atoms with Gasteiger partial charge >= 0.3 is 0 Å². The number of para-hydroxylation sites is 2. The van der Waals surface area contributed by atoms with E-state index in [4.69, 9.17) is 0 Å². The van der Waals surface area contributed by atoms with Crippen LogP contribution in [0.25, 0.3) is 0 Å². The monoisotopic (exact) mass is 170 g/mol. The van der Waals surface area contributed by atoms with Crippen LogP contribution in [0.1, 0.15) is 0 Å². The van der Waals surface area contributed by atoms with Gasteiger partial charge in [0.15, 0.2) is 0 Å². The Bertz CT molecular complexity index is 277. The Morgan fingerprint density at radius 2 is 2.09 bits per heavy atom. The number of hydrogen-bond acceptors (Lipinski definition) is 4. The van der Waals surface area contributed by atoms with Gasteiger partial charge in [-0.3, -0.25) is 10.1 Å². The van der Waals surface area contributed by atoms with E-state index >= 15 is 0 Å². The number of rotatable bonds is 2. The fraction of sp³-hybridized carbons (Fsp3) is 0. The van der Waals surface area contributed by atoms with Crippen LogP contribution in [0.15, 0.2) is 24.3 Å². The van der Waals surface area contributed by atoms with E-state index in [1.807, 2.05) is 0 Å². The molecule has 58 valence electrons. The summed E-state index contributed by atoms with van der Waals surface area (Å²) in [7, 11) is 0. The van der Waals surface area contributed by atoms with Crippen LogP contribution in [0, 0.1) is 10.1 Å². The molecular weight excluding hydrogens is 164 g/mol. The number of nitro groups is 1. The first-order valence-corrected chi connectivity index (χ1v) is 3.34. The lowest BCUT2D eigenvalue weighted by atomic mass is 10.3. The maximum Gasteiger partial charge on any atom is 0.293 e. The SMILES string of the molecule is O=[N+]([O-])c1ccccc1NS. The minimum Gasteiger partial charge on any atom is -0.327 e. The summed E-state index contributed by atoms with van der Waals surface area (Å²) in [6.45, 7) is 0.